The van der Waals surface area contributed by atoms with Gasteiger partial charge in [-0.15, -0.1) is 23.8 Å². The van der Waals surface area contributed by atoms with Gasteiger partial charge < -0.3 is 23.7 Å². The standard InChI is InChI=1S/C18H36N3.C15H22N2.Zn/c1-9-17(7,10-2)14(5)13(4)12-16(15(6)19)18(20,11-3)21-8;1-6-13-12(10-16-4)9-8-11(3)15(13)14(7-2)17-5;/h12,14,21H,1,9-11,19-20H2,2-8H3;7-10,14H,2,5-6,16H2,1,3-4H3;/q-1;;+2. The first-order chi connectivity index (χ1) is 17.8. The van der Waals surface area contributed by atoms with Crippen molar-refractivity contribution in [2.75, 3.05) is 14.1 Å². The zero-order chi connectivity index (χ0) is 29.7. The zero-order valence-corrected chi connectivity index (χ0v) is 29.8. The number of nitrogens with one attached hydrogen (secondary N) is 1. The monoisotopic (exact) mass is 588 g/mol. The summed E-state index contributed by atoms with van der Waals surface area (Å²) in [4.78, 5) is 4.16. The summed E-state index contributed by atoms with van der Waals surface area (Å²) in [5, 5.41) is 5.27. The molecule has 216 valence electrons. The molecular weight excluding hydrogens is 532 g/mol. The molecule has 7 N–H and O–H groups in total. The van der Waals surface area contributed by atoms with Crippen LogP contribution in [0.4, 0.5) is 0 Å². The summed E-state index contributed by atoms with van der Waals surface area (Å²) in [5.41, 5.74) is 20.4. The fourth-order valence-electron chi connectivity index (χ4n) is 4.92. The van der Waals surface area contributed by atoms with Crippen molar-refractivity contribution in [1.29, 1.82) is 0 Å². The summed E-state index contributed by atoms with van der Waals surface area (Å²) in [6, 6.07) is 4.31. The topological polar surface area (TPSA) is 93.0 Å². The fraction of sp³-hybridized carbons (Fsp3) is 0.545. The number of aliphatic imine (C=N–C) groups is 1. The average Bonchev–Trinajstić information content (AvgIpc) is 2.92. The van der Waals surface area contributed by atoms with Crippen LogP contribution >= 0.6 is 0 Å². The third kappa shape index (κ3) is 10.3. The number of aryl methyl sites for hydroxylation is 1. The predicted molar refractivity (Wildman–Crippen MR) is 169 cm³/mol. The minimum Gasteiger partial charge on any atom is -0.402 e. The molecule has 0 aromatic heterocycles. The quantitative estimate of drug-likeness (QED) is 0.0542. The number of nitrogens with zero attached hydrogens (tertiary/aromatic N) is 1. The number of quaternary nitrogens is 1. The first kappa shape index (κ1) is 39.4. The van der Waals surface area contributed by atoms with E-state index >= 15 is 0 Å². The Morgan fingerprint density at radius 1 is 1.26 bits per heavy atom. The predicted octanol–water partition coefficient (Wildman–Crippen LogP) is 5.91. The molecular formula is C33H58N5Zn+. The number of rotatable bonds is 14. The summed E-state index contributed by atoms with van der Waals surface area (Å²) in [6.07, 6.45) is 7.83. The Labute approximate surface area is 254 Å². The molecule has 5 nitrogen and oxygen atoms in total. The van der Waals surface area contributed by atoms with Crippen LogP contribution in [0.1, 0.15) is 96.0 Å². The average molecular weight is 590 g/mol. The number of hydrogen-bond donors (Lipinski definition) is 4. The molecule has 0 saturated carbocycles. The normalized spacial score (nSPS) is 16.7. The van der Waals surface area contributed by atoms with Crippen molar-refractivity contribution in [2.45, 2.75) is 92.8 Å². The van der Waals surface area contributed by atoms with Crippen molar-refractivity contribution < 1.29 is 24.8 Å². The Hall–Kier alpha value is -1.72. The van der Waals surface area contributed by atoms with Crippen molar-refractivity contribution in [3.05, 3.63) is 83.4 Å². The number of hydrogen-bond acceptors (Lipinski definition) is 4. The van der Waals surface area contributed by atoms with Crippen LogP contribution in [0.5, 0.6) is 0 Å². The summed E-state index contributed by atoms with van der Waals surface area (Å²) in [7, 11) is 3.92. The molecule has 0 spiro atoms. The molecule has 4 atom stereocenters. The summed E-state index contributed by atoms with van der Waals surface area (Å²) >= 11 is 0. The maximum atomic E-state index is 6.46. The first-order valence-corrected chi connectivity index (χ1v) is 14.1. The van der Waals surface area contributed by atoms with Crippen molar-refractivity contribution in [3.8, 4) is 0 Å². The van der Waals surface area contributed by atoms with Crippen LogP contribution < -0.4 is 22.1 Å². The first-order valence-electron chi connectivity index (χ1n) is 14.1. The van der Waals surface area contributed by atoms with E-state index in [1.54, 1.807) is 0 Å². The molecule has 0 radical (unpaired) electrons. The minimum absolute atomic E-state index is 0. The Bertz CT molecular complexity index is 943. The maximum Gasteiger partial charge on any atom is 2.00 e. The Morgan fingerprint density at radius 2 is 1.85 bits per heavy atom. The van der Waals surface area contributed by atoms with Gasteiger partial charge in [0.25, 0.3) is 0 Å². The van der Waals surface area contributed by atoms with E-state index in [2.05, 4.69) is 109 Å². The molecule has 0 aliphatic rings. The van der Waals surface area contributed by atoms with Gasteiger partial charge in [0.15, 0.2) is 0 Å². The van der Waals surface area contributed by atoms with Crippen LogP contribution in [-0.4, -0.2) is 26.5 Å². The molecule has 0 heterocycles. The van der Waals surface area contributed by atoms with Crippen molar-refractivity contribution in [2.24, 2.45) is 27.8 Å². The largest absolute Gasteiger partial charge is 2.00 e. The van der Waals surface area contributed by atoms with E-state index in [1.165, 1.54) is 27.8 Å². The van der Waals surface area contributed by atoms with Gasteiger partial charge in [0.05, 0.1) is 18.8 Å². The van der Waals surface area contributed by atoms with Gasteiger partial charge in [-0.25, -0.2) is 0 Å². The molecule has 0 fully saturated rings. The molecule has 1 aromatic rings. The second-order valence-corrected chi connectivity index (χ2v) is 10.6. The molecule has 0 amide bonds. The number of benzene rings is 1. The molecule has 6 heteroatoms. The molecule has 1 rings (SSSR count). The minimum atomic E-state index is -0.576. The molecule has 0 bridgehead atoms. The Kier molecular flexibility index (Phi) is 18.8. The van der Waals surface area contributed by atoms with Crippen molar-refractivity contribution >= 4 is 6.72 Å². The maximum absolute atomic E-state index is 6.46. The molecule has 1 aromatic carbocycles. The third-order valence-electron chi connectivity index (χ3n) is 8.42. The van der Waals surface area contributed by atoms with Gasteiger partial charge in [0, 0.05) is 11.3 Å². The van der Waals surface area contributed by atoms with Crippen molar-refractivity contribution in [3.63, 3.8) is 0 Å². The van der Waals surface area contributed by atoms with Gasteiger partial charge in [-0.1, -0.05) is 81.7 Å². The van der Waals surface area contributed by atoms with Crippen LogP contribution in [0, 0.1) is 31.7 Å². The van der Waals surface area contributed by atoms with E-state index in [0.29, 0.717) is 5.92 Å². The Balaban J connectivity index is 0. The van der Waals surface area contributed by atoms with E-state index in [-0.39, 0.29) is 30.9 Å². The van der Waals surface area contributed by atoms with Gasteiger partial charge in [0.2, 0.25) is 0 Å². The summed E-state index contributed by atoms with van der Waals surface area (Å²) < 4.78 is 0. The molecule has 0 aliphatic carbocycles. The van der Waals surface area contributed by atoms with Crippen LogP contribution in [0.2, 0.25) is 0 Å². The van der Waals surface area contributed by atoms with Crippen LogP contribution in [0.15, 0.2) is 52.7 Å². The number of allylic oxidation sites excluding steroid dienone is 2. The second kappa shape index (κ2) is 18.6. The molecule has 39 heavy (non-hydrogen) atoms. The van der Waals surface area contributed by atoms with Crippen LogP contribution in [0.3, 0.4) is 0 Å². The van der Waals surface area contributed by atoms with Gasteiger partial charge in [0.1, 0.15) is 0 Å². The Morgan fingerprint density at radius 3 is 2.21 bits per heavy atom. The molecule has 0 saturated heterocycles. The van der Waals surface area contributed by atoms with E-state index in [4.69, 9.17) is 11.5 Å². The van der Waals surface area contributed by atoms with Crippen molar-refractivity contribution in [1.82, 2.24) is 5.32 Å². The summed E-state index contributed by atoms with van der Waals surface area (Å²) in [5.74, 6) is 0.437. The molecule has 0 aliphatic heterocycles. The molecule has 4 unspecified atom stereocenters. The van der Waals surface area contributed by atoms with Gasteiger partial charge in [-0.3, -0.25) is 10.3 Å². The smallest absolute Gasteiger partial charge is 0.402 e. The fourth-order valence-corrected chi connectivity index (χ4v) is 4.92. The third-order valence-corrected chi connectivity index (χ3v) is 8.42. The second-order valence-electron chi connectivity index (χ2n) is 10.6. The number of nitrogens with two attached hydrogens (primary N) is 3. The SMILES string of the molecule is C=CC(N=C)c1c(C)ccc([CH-][NH2+]C)c1CC.[CH2-]CC(C)(CC)C(C)C(C)=CC(=C(C)N)C(N)(CC)NC.[Zn+2]. The summed E-state index contributed by atoms with van der Waals surface area (Å²) in [6.45, 7) is 31.0. The van der Waals surface area contributed by atoms with E-state index in [1.807, 2.05) is 27.1 Å². The van der Waals surface area contributed by atoms with E-state index in [9.17, 15) is 0 Å². The number of likely N-dealkylation sites (N-methyl/N-ethyl adjacent to an activating group) is 1. The van der Waals surface area contributed by atoms with Crippen LogP contribution in [0.25, 0.3) is 0 Å². The van der Waals surface area contributed by atoms with Crippen LogP contribution in [-0.2, 0) is 25.9 Å². The van der Waals surface area contributed by atoms with E-state index in [0.717, 1.165) is 37.0 Å². The van der Waals surface area contributed by atoms with E-state index < -0.39 is 5.66 Å². The van der Waals surface area contributed by atoms with Gasteiger partial charge in [-0.2, -0.15) is 12.5 Å². The zero-order valence-electron chi connectivity index (χ0n) is 26.9. The van der Waals surface area contributed by atoms with Gasteiger partial charge >= 0.3 is 19.5 Å². The van der Waals surface area contributed by atoms with Gasteiger partial charge in [-0.05, 0) is 53.4 Å².